The first-order valence-corrected chi connectivity index (χ1v) is 5.16. The number of ether oxygens (including phenoxy) is 1. The molecule has 0 spiro atoms. The summed E-state index contributed by atoms with van der Waals surface area (Å²) in [7, 11) is 0. The number of piperidine rings is 1. The lowest BCUT2D eigenvalue weighted by molar-refractivity contribution is -0.145. The second-order valence-electron chi connectivity index (χ2n) is 4.95. The van der Waals surface area contributed by atoms with Crippen LogP contribution in [0.25, 0.3) is 0 Å². The largest absolute Gasteiger partial charge is 0.444 e. The first-order valence-electron chi connectivity index (χ1n) is 5.16. The topological polar surface area (TPSA) is 49.8 Å². The van der Waals surface area contributed by atoms with Gasteiger partial charge in [-0.05, 0) is 20.8 Å². The molecule has 1 amide bonds. The van der Waals surface area contributed by atoms with Crippen LogP contribution >= 0.6 is 0 Å². The molecule has 0 aromatic carbocycles. The minimum Gasteiger partial charge on any atom is -0.444 e. The van der Waals surface area contributed by atoms with E-state index in [1.54, 1.807) is 20.8 Å². The summed E-state index contributed by atoms with van der Waals surface area (Å²) >= 11 is 0. The van der Waals surface area contributed by atoms with E-state index in [1.165, 1.54) is 0 Å². The summed E-state index contributed by atoms with van der Waals surface area (Å²) in [5.41, 5.74) is -0.665. The van der Waals surface area contributed by atoms with Gasteiger partial charge in [0.15, 0.2) is 0 Å². The number of carbonyl (C=O) groups excluding carboxylic acids is 1. The molecule has 0 aromatic heterocycles. The minimum atomic E-state index is -3.11. The summed E-state index contributed by atoms with van der Waals surface area (Å²) in [4.78, 5) is 12.6. The molecular formula is C10H17F2NO3. The van der Waals surface area contributed by atoms with Crippen LogP contribution in [0.2, 0.25) is 0 Å². The van der Waals surface area contributed by atoms with Crippen molar-refractivity contribution in [3.05, 3.63) is 0 Å². The maximum absolute atomic E-state index is 12.9. The van der Waals surface area contributed by atoms with Gasteiger partial charge in [-0.25, -0.2) is 13.6 Å². The number of alkyl halides is 2. The van der Waals surface area contributed by atoms with Crippen molar-refractivity contribution in [2.24, 2.45) is 0 Å². The summed E-state index contributed by atoms with van der Waals surface area (Å²) in [6.45, 7) is 4.60. The van der Waals surface area contributed by atoms with Gasteiger partial charge in [0.2, 0.25) is 0 Å². The molecule has 0 aliphatic carbocycles. The Morgan fingerprint density at radius 3 is 2.50 bits per heavy atom. The van der Waals surface area contributed by atoms with Gasteiger partial charge in [0.1, 0.15) is 11.7 Å². The fourth-order valence-electron chi connectivity index (χ4n) is 1.38. The van der Waals surface area contributed by atoms with Gasteiger partial charge in [0, 0.05) is 13.0 Å². The third-order valence-corrected chi connectivity index (χ3v) is 2.25. The molecule has 1 fully saturated rings. The molecule has 1 aliphatic heterocycles. The zero-order valence-corrected chi connectivity index (χ0v) is 9.67. The zero-order valence-electron chi connectivity index (χ0n) is 9.67. The normalized spacial score (nSPS) is 25.4. The minimum absolute atomic E-state index is 0.0982. The zero-order chi connectivity index (χ0) is 12.6. The first-order chi connectivity index (χ1) is 7.12. The quantitative estimate of drug-likeness (QED) is 0.696. The lowest BCUT2D eigenvalue weighted by Gasteiger charge is -2.36. The van der Waals surface area contributed by atoms with Gasteiger partial charge >= 0.3 is 6.09 Å². The molecule has 6 heteroatoms. The number of aliphatic hydroxyl groups excluding tert-OH is 1. The van der Waals surface area contributed by atoms with E-state index in [4.69, 9.17) is 9.84 Å². The highest BCUT2D eigenvalue weighted by Crippen LogP contribution is 2.28. The van der Waals surface area contributed by atoms with Crippen LogP contribution in [0.1, 0.15) is 27.2 Å². The standard InChI is InChI=1S/C10H17F2NO3/c1-9(2,3)16-8(15)13-5-4-10(11,12)7(14)6-13/h7,14H,4-6H2,1-3H3/t7-/m0/s1. The molecule has 1 atom stereocenters. The van der Waals surface area contributed by atoms with Gasteiger partial charge < -0.3 is 14.7 Å². The van der Waals surface area contributed by atoms with Crippen LogP contribution in [0.4, 0.5) is 13.6 Å². The average Bonchev–Trinajstić information content (AvgIpc) is 2.06. The molecule has 0 saturated carbocycles. The van der Waals surface area contributed by atoms with Crippen molar-refractivity contribution in [3.8, 4) is 0 Å². The maximum Gasteiger partial charge on any atom is 0.410 e. The number of nitrogens with zero attached hydrogens (tertiary/aromatic N) is 1. The fourth-order valence-corrected chi connectivity index (χ4v) is 1.38. The summed E-state index contributed by atoms with van der Waals surface area (Å²) in [5, 5.41) is 9.16. The molecular weight excluding hydrogens is 220 g/mol. The van der Waals surface area contributed by atoms with Crippen molar-refractivity contribution in [1.82, 2.24) is 4.90 Å². The lowest BCUT2D eigenvalue weighted by Crippen LogP contribution is -2.53. The van der Waals surface area contributed by atoms with Gasteiger partial charge in [-0.3, -0.25) is 0 Å². The first kappa shape index (κ1) is 13.2. The number of rotatable bonds is 0. The SMILES string of the molecule is CC(C)(C)OC(=O)N1CCC(F)(F)[C@@H](O)C1. The Labute approximate surface area is 93.2 Å². The second-order valence-corrected chi connectivity index (χ2v) is 4.95. The van der Waals surface area contributed by atoms with E-state index in [2.05, 4.69) is 0 Å². The van der Waals surface area contributed by atoms with Gasteiger partial charge in [-0.1, -0.05) is 0 Å². The van der Waals surface area contributed by atoms with E-state index in [-0.39, 0.29) is 13.1 Å². The van der Waals surface area contributed by atoms with Crippen molar-refractivity contribution >= 4 is 6.09 Å². The highest BCUT2D eigenvalue weighted by molar-refractivity contribution is 5.68. The molecule has 1 N–H and O–H groups in total. The number of likely N-dealkylation sites (tertiary alicyclic amines) is 1. The Morgan fingerprint density at radius 2 is 2.06 bits per heavy atom. The van der Waals surface area contributed by atoms with Crippen molar-refractivity contribution in [2.75, 3.05) is 13.1 Å². The molecule has 0 radical (unpaired) electrons. The molecule has 0 bridgehead atoms. The lowest BCUT2D eigenvalue weighted by atomic mass is 10.0. The van der Waals surface area contributed by atoms with Crippen molar-refractivity contribution in [1.29, 1.82) is 0 Å². The van der Waals surface area contributed by atoms with Crippen LogP contribution in [0.5, 0.6) is 0 Å². The van der Waals surface area contributed by atoms with Crippen LogP contribution in [-0.2, 0) is 4.74 Å². The number of hydrogen-bond acceptors (Lipinski definition) is 3. The molecule has 4 nitrogen and oxygen atoms in total. The Balaban J connectivity index is 2.55. The Kier molecular flexibility index (Phi) is 3.42. The fraction of sp³-hybridized carbons (Fsp3) is 0.900. The summed E-state index contributed by atoms with van der Waals surface area (Å²) in [5.74, 6) is -3.11. The van der Waals surface area contributed by atoms with Crippen LogP contribution < -0.4 is 0 Å². The monoisotopic (exact) mass is 237 g/mol. The predicted molar refractivity (Wildman–Crippen MR) is 53.4 cm³/mol. The van der Waals surface area contributed by atoms with Crippen LogP contribution in [0.3, 0.4) is 0 Å². The molecule has 1 aliphatic rings. The Hall–Kier alpha value is -0.910. The second kappa shape index (κ2) is 4.16. The van der Waals surface area contributed by atoms with E-state index in [0.717, 1.165) is 4.90 Å². The predicted octanol–water partition coefficient (Wildman–Crippen LogP) is 1.62. The van der Waals surface area contributed by atoms with E-state index in [0.29, 0.717) is 0 Å². The van der Waals surface area contributed by atoms with Crippen molar-refractivity contribution < 1.29 is 23.4 Å². The van der Waals surface area contributed by atoms with Crippen molar-refractivity contribution in [3.63, 3.8) is 0 Å². The van der Waals surface area contributed by atoms with E-state index >= 15 is 0 Å². The van der Waals surface area contributed by atoms with E-state index in [1.807, 2.05) is 0 Å². The molecule has 1 saturated heterocycles. The summed E-state index contributed by atoms with van der Waals surface area (Å²) in [6, 6.07) is 0. The maximum atomic E-state index is 12.9. The van der Waals surface area contributed by atoms with Gasteiger partial charge in [-0.2, -0.15) is 0 Å². The van der Waals surface area contributed by atoms with Gasteiger partial charge in [0.05, 0.1) is 6.54 Å². The average molecular weight is 237 g/mol. The Morgan fingerprint density at radius 1 is 1.50 bits per heavy atom. The number of aliphatic hydroxyl groups is 1. The Bertz CT molecular complexity index is 276. The third kappa shape index (κ3) is 3.30. The van der Waals surface area contributed by atoms with Gasteiger partial charge in [0.25, 0.3) is 5.92 Å². The molecule has 16 heavy (non-hydrogen) atoms. The van der Waals surface area contributed by atoms with Crippen LogP contribution in [-0.4, -0.2) is 46.8 Å². The molecule has 1 rings (SSSR count). The number of carbonyl (C=O) groups is 1. The summed E-state index contributed by atoms with van der Waals surface area (Å²) in [6.07, 6.45) is -3.01. The smallest absolute Gasteiger partial charge is 0.410 e. The van der Waals surface area contributed by atoms with Crippen molar-refractivity contribution in [2.45, 2.75) is 44.8 Å². The van der Waals surface area contributed by atoms with Crippen LogP contribution in [0.15, 0.2) is 0 Å². The molecule has 1 heterocycles. The molecule has 0 unspecified atom stereocenters. The highest BCUT2D eigenvalue weighted by atomic mass is 19.3. The highest BCUT2D eigenvalue weighted by Gasteiger charge is 2.44. The van der Waals surface area contributed by atoms with Crippen LogP contribution in [0, 0.1) is 0 Å². The number of halogens is 2. The number of β-amino-alcohol motifs (C(OH)–C–C–N with tert-alkyl or cyclic N) is 1. The van der Waals surface area contributed by atoms with E-state index < -0.39 is 30.1 Å². The third-order valence-electron chi connectivity index (χ3n) is 2.25. The summed E-state index contributed by atoms with van der Waals surface area (Å²) < 4.78 is 30.9. The van der Waals surface area contributed by atoms with E-state index in [9.17, 15) is 13.6 Å². The molecule has 0 aromatic rings. The molecule has 94 valence electrons. The number of amides is 1. The van der Waals surface area contributed by atoms with Gasteiger partial charge in [-0.15, -0.1) is 0 Å². The number of hydrogen-bond donors (Lipinski definition) is 1.